The van der Waals surface area contributed by atoms with Crippen molar-refractivity contribution in [2.75, 3.05) is 19.8 Å². The number of carbonyl (C=O) groups is 3. The van der Waals surface area contributed by atoms with Crippen molar-refractivity contribution >= 4 is 18.0 Å². The van der Waals surface area contributed by atoms with Gasteiger partial charge in [0.2, 0.25) is 5.91 Å². The number of hydrogen-bond donors (Lipinski definition) is 3. The van der Waals surface area contributed by atoms with Crippen LogP contribution in [0.4, 0.5) is 4.79 Å². The highest BCUT2D eigenvalue weighted by molar-refractivity contribution is 5.91. The highest BCUT2D eigenvalue weighted by atomic mass is 16.5. The monoisotopic (exact) mass is 480 g/mol. The van der Waals surface area contributed by atoms with Gasteiger partial charge < -0.3 is 25.2 Å². The molecule has 1 heterocycles. The lowest BCUT2D eigenvalue weighted by atomic mass is 9.89. The molecule has 8 nitrogen and oxygen atoms in total. The Labute approximate surface area is 205 Å². The number of hydrogen-bond acceptors (Lipinski definition) is 5. The molecule has 2 aromatic carbocycles. The van der Waals surface area contributed by atoms with Crippen molar-refractivity contribution in [3.05, 3.63) is 59.7 Å². The number of unbranched alkanes of at least 4 members (excludes halogenated alkanes) is 1. The van der Waals surface area contributed by atoms with Gasteiger partial charge >= 0.3 is 12.1 Å². The fraction of sp³-hybridized carbons (Fsp3) is 0.444. The van der Waals surface area contributed by atoms with E-state index in [2.05, 4.69) is 22.8 Å². The molecule has 35 heavy (non-hydrogen) atoms. The van der Waals surface area contributed by atoms with E-state index < -0.39 is 29.6 Å². The number of benzene rings is 2. The largest absolute Gasteiger partial charge is 0.480 e. The molecule has 0 bridgehead atoms. The maximum Gasteiger partial charge on any atom is 0.407 e. The molecule has 186 valence electrons. The average molecular weight is 481 g/mol. The molecule has 2 aliphatic rings. The summed E-state index contributed by atoms with van der Waals surface area (Å²) in [4.78, 5) is 37.8. The van der Waals surface area contributed by atoms with Crippen LogP contribution < -0.4 is 10.6 Å². The van der Waals surface area contributed by atoms with E-state index in [1.807, 2.05) is 43.3 Å². The molecule has 1 aliphatic heterocycles. The SMILES string of the molecule is CCCC[C@H](NC(=O)OCC1c2ccccc2-c2ccccc21)C(=O)NC1(C(=O)O)CCOCC1. The van der Waals surface area contributed by atoms with Crippen LogP contribution in [0.5, 0.6) is 0 Å². The zero-order valence-corrected chi connectivity index (χ0v) is 19.9. The van der Waals surface area contributed by atoms with E-state index in [0.29, 0.717) is 12.8 Å². The molecule has 2 amide bonds. The number of rotatable bonds is 9. The standard InChI is InChI=1S/C27H32N2O6/c1-2-3-12-23(24(30)29-27(25(31)32)13-15-34-16-14-27)28-26(33)35-17-22-20-10-6-4-8-18(20)19-9-5-7-11-21(19)22/h4-11,22-23H,2-3,12-17H2,1H3,(H,28,33)(H,29,30)(H,31,32)/t23-/m0/s1. The number of ether oxygens (including phenoxy) is 2. The predicted molar refractivity (Wildman–Crippen MR) is 130 cm³/mol. The van der Waals surface area contributed by atoms with Gasteiger partial charge in [-0.05, 0) is 28.7 Å². The molecule has 0 unspecified atom stereocenters. The molecule has 3 N–H and O–H groups in total. The van der Waals surface area contributed by atoms with E-state index in [4.69, 9.17) is 9.47 Å². The first-order chi connectivity index (χ1) is 16.9. The number of carbonyl (C=O) groups excluding carboxylic acids is 2. The van der Waals surface area contributed by atoms with Crippen LogP contribution in [0.15, 0.2) is 48.5 Å². The minimum absolute atomic E-state index is 0.0893. The molecule has 4 rings (SSSR count). The summed E-state index contributed by atoms with van der Waals surface area (Å²) in [6.07, 6.45) is 1.58. The van der Waals surface area contributed by atoms with Gasteiger partial charge in [0.25, 0.3) is 0 Å². The van der Waals surface area contributed by atoms with Crippen LogP contribution in [0.25, 0.3) is 11.1 Å². The minimum Gasteiger partial charge on any atom is -0.480 e. The van der Waals surface area contributed by atoms with E-state index in [1.54, 1.807) is 0 Å². The van der Waals surface area contributed by atoms with Gasteiger partial charge in [-0.3, -0.25) is 4.79 Å². The van der Waals surface area contributed by atoms with Gasteiger partial charge in [0, 0.05) is 32.0 Å². The molecule has 1 aliphatic carbocycles. The number of alkyl carbamates (subject to hydrolysis) is 1. The Hall–Kier alpha value is -3.39. The number of amides is 2. The van der Waals surface area contributed by atoms with Crippen molar-refractivity contribution in [1.82, 2.24) is 10.6 Å². The summed E-state index contributed by atoms with van der Waals surface area (Å²) in [5.74, 6) is -1.70. The summed E-state index contributed by atoms with van der Waals surface area (Å²) in [7, 11) is 0. The first-order valence-corrected chi connectivity index (χ1v) is 12.2. The van der Waals surface area contributed by atoms with E-state index in [0.717, 1.165) is 28.7 Å². The van der Waals surface area contributed by atoms with Gasteiger partial charge in [0.05, 0.1) is 0 Å². The van der Waals surface area contributed by atoms with Crippen LogP contribution >= 0.6 is 0 Å². The second kappa shape index (κ2) is 10.9. The van der Waals surface area contributed by atoms with Gasteiger partial charge in [-0.2, -0.15) is 0 Å². The van der Waals surface area contributed by atoms with Gasteiger partial charge in [0.1, 0.15) is 18.2 Å². The lowest BCUT2D eigenvalue weighted by Gasteiger charge is -2.35. The average Bonchev–Trinajstić information content (AvgIpc) is 3.19. The molecule has 1 atom stereocenters. The second-order valence-corrected chi connectivity index (χ2v) is 9.15. The van der Waals surface area contributed by atoms with Crippen molar-refractivity contribution in [3.63, 3.8) is 0 Å². The number of fused-ring (bicyclic) bond motifs is 3. The van der Waals surface area contributed by atoms with Crippen LogP contribution in [0.1, 0.15) is 56.1 Å². The molecule has 8 heteroatoms. The maximum atomic E-state index is 13.1. The lowest BCUT2D eigenvalue weighted by Crippen LogP contribution is -2.61. The summed E-state index contributed by atoms with van der Waals surface area (Å²) < 4.78 is 10.9. The fourth-order valence-electron chi connectivity index (χ4n) is 4.89. The highest BCUT2D eigenvalue weighted by Gasteiger charge is 2.43. The maximum absolute atomic E-state index is 13.1. The summed E-state index contributed by atoms with van der Waals surface area (Å²) in [5, 5.41) is 15.1. The van der Waals surface area contributed by atoms with Crippen LogP contribution in [0.3, 0.4) is 0 Å². The number of carboxylic acid groups (broad SMARTS) is 1. The van der Waals surface area contributed by atoms with Crippen molar-refractivity contribution in [1.29, 1.82) is 0 Å². The number of nitrogens with one attached hydrogen (secondary N) is 2. The van der Waals surface area contributed by atoms with Crippen LogP contribution in [0.2, 0.25) is 0 Å². The van der Waals surface area contributed by atoms with Crippen LogP contribution in [0, 0.1) is 0 Å². The third kappa shape index (κ3) is 5.32. The topological polar surface area (TPSA) is 114 Å². The number of carboxylic acids is 1. The normalized spacial score (nSPS) is 17.1. The summed E-state index contributed by atoms with van der Waals surface area (Å²) in [6, 6.07) is 15.2. The third-order valence-electron chi connectivity index (χ3n) is 6.92. The Morgan fingerprint density at radius 2 is 1.66 bits per heavy atom. The zero-order valence-electron chi connectivity index (χ0n) is 19.9. The van der Waals surface area contributed by atoms with E-state index in [9.17, 15) is 19.5 Å². The van der Waals surface area contributed by atoms with E-state index in [1.165, 1.54) is 0 Å². The van der Waals surface area contributed by atoms with Crippen molar-refractivity contribution in [3.8, 4) is 11.1 Å². The summed E-state index contributed by atoms with van der Waals surface area (Å²) in [6.45, 7) is 2.63. The Balaban J connectivity index is 1.42. The quantitative estimate of drug-likeness (QED) is 0.503. The third-order valence-corrected chi connectivity index (χ3v) is 6.92. The lowest BCUT2D eigenvalue weighted by molar-refractivity contribution is -0.152. The van der Waals surface area contributed by atoms with Crippen molar-refractivity contribution in [2.45, 2.75) is 56.5 Å². The molecule has 1 saturated heterocycles. The Morgan fingerprint density at radius 3 is 2.23 bits per heavy atom. The smallest absolute Gasteiger partial charge is 0.407 e. The first kappa shape index (κ1) is 24.7. The van der Waals surface area contributed by atoms with E-state index in [-0.39, 0.29) is 38.6 Å². The Morgan fingerprint density at radius 1 is 1.06 bits per heavy atom. The predicted octanol–water partition coefficient (Wildman–Crippen LogP) is 3.83. The molecular formula is C27H32N2O6. The molecule has 2 aromatic rings. The Kier molecular flexibility index (Phi) is 7.70. The Bertz CT molecular complexity index is 1030. The van der Waals surface area contributed by atoms with Crippen molar-refractivity contribution < 1.29 is 29.0 Å². The van der Waals surface area contributed by atoms with Gasteiger partial charge in [-0.15, -0.1) is 0 Å². The van der Waals surface area contributed by atoms with Gasteiger partial charge in [-0.1, -0.05) is 68.3 Å². The van der Waals surface area contributed by atoms with Crippen molar-refractivity contribution in [2.24, 2.45) is 0 Å². The van der Waals surface area contributed by atoms with Crippen LogP contribution in [-0.2, 0) is 19.1 Å². The minimum atomic E-state index is -1.39. The first-order valence-electron chi connectivity index (χ1n) is 12.2. The van der Waals surface area contributed by atoms with Crippen LogP contribution in [-0.4, -0.2) is 54.5 Å². The van der Waals surface area contributed by atoms with Gasteiger partial charge in [-0.25, -0.2) is 9.59 Å². The number of aliphatic carboxylic acids is 1. The fourth-order valence-corrected chi connectivity index (χ4v) is 4.89. The second-order valence-electron chi connectivity index (χ2n) is 9.15. The van der Waals surface area contributed by atoms with E-state index >= 15 is 0 Å². The molecular weight excluding hydrogens is 448 g/mol. The highest BCUT2D eigenvalue weighted by Crippen LogP contribution is 2.44. The molecule has 0 saturated carbocycles. The molecule has 1 fully saturated rings. The molecule has 0 aromatic heterocycles. The molecule has 0 radical (unpaired) electrons. The van der Waals surface area contributed by atoms with Gasteiger partial charge in [0.15, 0.2) is 0 Å². The summed E-state index contributed by atoms with van der Waals surface area (Å²) in [5.41, 5.74) is 3.08. The summed E-state index contributed by atoms with van der Waals surface area (Å²) >= 11 is 0. The zero-order chi connectivity index (χ0) is 24.8. The molecule has 0 spiro atoms.